The van der Waals surface area contributed by atoms with Crippen molar-refractivity contribution >= 4 is 11.8 Å². The molecule has 0 bridgehead atoms. The van der Waals surface area contributed by atoms with Gasteiger partial charge in [0.1, 0.15) is 11.5 Å². The highest BCUT2D eigenvalue weighted by atomic mass is 16.5. The third kappa shape index (κ3) is 4.35. The molecule has 2 aliphatic heterocycles. The van der Waals surface area contributed by atoms with Crippen LogP contribution >= 0.6 is 0 Å². The van der Waals surface area contributed by atoms with Gasteiger partial charge < -0.3 is 19.3 Å². The SMILES string of the molecule is COc1ccc(OC)c([C@@H]2CCCN2C(=O)CN2CCN(C(C)=O)CC2)c1. The van der Waals surface area contributed by atoms with Gasteiger partial charge in [-0.25, -0.2) is 0 Å². The molecule has 27 heavy (non-hydrogen) atoms. The Balaban J connectivity index is 1.68. The summed E-state index contributed by atoms with van der Waals surface area (Å²) in [5.41, 5.74) is 1.00. The van der Waals surface area contributed by atoms with Crippen LogP contribution in [-0.2, 0) is 9.59 Å². The van der Waals surface area contributed by atoms with E-state index in [0.29, 0.717) is 19.6 Å². The van der Waals surface area contributed by atoms with Crippen LogP contribution in [0.15, 0.2) is 18.2 Å². The minimum absolute atomic E-state index is 0.0149. The average molecular weight is 375 g/mol. The van der Waals surface area contributed by atoms with E-state index in [1.54, 1.807) is 21.1 Å². The fourth-order valence-corrected chi connectivity index (χ4v) is 3.99. The molecule has 0 unspecified atom stereocenters. The molecule has 2 aliphatic rings. The fourth-order valence-electron chi connectivity index (χ4n) is 3.99. The first-order chi connectivity index (χ1) is 13.0. The highest BCUT2D eigenvalue weighted by Crippen LogP contribution is 2.38. The van der Waals surface area contributed by atoms with Crippen molar-refractivity contribution in [2.75, 3.05) is 53.5 Å². The number of carbonyl (C=O) groups excluding carboxylic acids is 2. The Bertz CT molecular complexity index is 686. The van der Waals surface area contributed by atoms with E-state index >= 15 is 0 Å². The van der Waals surface area contributed by atoms with Crippen LogP contribution in [0.5, 0.6) is 11.5 Å². The van der Waals surface area contributed by atoms with Gasteiger partial charge in [-0.3, -0.25) is 14.5 Å². The number of piperazine rings is 1. The largest absolute Gasteiger partial charge is 0.497 e. The molecule has 2 heterocycles. The number of carbonyl (C=O) groups is 2. The van der Waals surface area contributed by atoms with Crippen LogP contribution in [0.2, 0.25) is 0 Å². The van der Waals surface area contributed by atoms with Gasteiger partial charge in [-0.1, -0.05) is 0 Å². The molecule has 0 aromatic heterocycles. The molecule has 0 aliphatic carbocycles. The molecule has 3 rings (SSSR count). The minimum atomic E-state index is 0.0149. The number of amides is 2. The fraction of sp³-hybridized carbons (Fsp3) is 0.600. The maximum Gasteiger partial charge on any atom is 0.237 e. The Morgan fingerprint density at radius 3 is 2.44 bits per heavy atom. The maximum atomic E-state index is 13.0. The predicted octanol–water partition coefficient (Wildman–Crippen LogP) is 1.53. The van der Waals surface area contributed by atoms with Crippen LogP contribution in [0.1, 0.15) is 31.4 Å². The molecule has 0 saturated carbocycles. The second-order valence-corrected chi connectivity index (χ2v) is 7.14. The molecule has 7 nitrogen and oxygen atoms in total. The number of methoxy groups -OCH3 is 2. The Morgan fingerprint density at radius 1 is 1.07 bits per heavy atom. The number of ether oxygens (including phenoxy) is 2. The van der Waals surface area contributed by atoms with E-state index in [4.69, 9.17) is 9.47 Å². The summed E-state index contributed by atoms with van der Waals surface area (Å²) >= 11 is 0. The standard InChI is InChI=1S/C20H29N3O4/c1-15(24)22-11-9-21(10-12-22)14-20(25)23-8-4-5-18(23)17-13-16(26-2)6-7-19(17)27-3/h6-7,13,18H,4-5,8-12,14H2,1-3H3/t18-/m0/s1. The topological polar surface area (TPSA) is 62.3 Å². The first-order valence-corrected chi connectivity index (χ1v) is 9.52. The van der Waals surface area contributed by atoms with E-state index < -0.39 is 0 Å². The van der Waals surface area contributed by atoms with Crippen molar-refractivity contribution in [3.05, 3.63) is 23.8 Å². The Morgan fingerprint density at radius 2 is 1.81 bits per heavy atom. The first-order valence-electron chi connectivity index (χ1n) is 9.52. The van der Waals surface area contributed by atoms with Crippen LogP contribution in [-0.4, -0.2) is 80.0 Å². The lowest BCUT2D eigenvalue weighted by molar-refractivity contribution is -0.134. The first kappa shape index (κ1) is 19.5. The summed E-state index contributed by atoms with van der Waals surface area (Å²) < 4.78 is 10.9. The van der Waals surface area contributed by atoms with Gasteiger partial charge in [0.15, 0.2) is 0 Å². The molecule has 148 valence electrons. The highest BCUT2D eigenvalue weighted by molar-refractivity contribution is 5.79. The molecule has 0 N–H and O–H groups in total. The van der Waals surface area contributed by atoms with Crippen molar-refractivity contribution in [3.63, 3.8) is 0 Å². The van der Waals surface area contributed by atoms with Crippen molar-refractivity contribution in [1.82, 2.24) is 14.7 Å². The molecule has 7 heteroatoms. The van der Waals surface area contributed by atoms with Gasteiger partial charge in [0.25, 0.3) is 0 Å². The van der Waals surface area contributed by atoms with E-state index in [1.165, 1.54) is 0 Å². The number of rotatable bonds is 5. The van der Waals surface area contributed by atoms with Crippen molar-refractivity contribution in [2.45, 2.75) is 25.8 Å². The van der Waals surface area contributed by atoms with E-state index in [9.17, 15) is 9.59 Å². The van der Waals surface area contributed by atoms with Gasteiger partial charge in [0.05, 0.1) is 26.8 Å². The summed E-state index contributed by atoms with van der Waals surface area (Å²) in [5.74, 6) is 1.80. The second kappa shape index (κ2) is 8.61. The zero-order valence-corrected chi connectivity index (χ0v) is 16.4. The number of hydrogen-bond acceptors (Lipinski definition) is 5. The molecule has 2 fully saturated rings. The summed E-state index contributed by atoms with van der Waals surface area (Å²) in [6.07, 6.45) is 1.91. The average Bonchev–Trinajstić information content (AvgIpc) is 3.17. The minimum Gasteiger partial charge on any atom is -0.497 e. The summed E-state index contributed by atoms with van der Waals surface area (Å²) in [7, 11) is 3.30. The van der Waals surface area contributed by atoms with Gasteiger partial charge in [-0.2, -0.15) is 0 Å². The smallest absolute Gasteiger partial charge is 0.237 e. The molecule has 2 amide bonds. The molecular formula is C20H29N3O4. The van der Waals surface area contributed by atoms with E-state index in [0.717, 1.165) is 49.5 Å². The van der Waals surface area contributed by atoms with E-state index in [1.807, 2.05) is 28.0 Å². The van der Waals surface area contributed by atoms with Crippen molar-refractivity contribution < 1.29 is 19.1 Å². The Kier molecular flexibility index (Phi) is 6.21. The summed E-state index contributed by atoms with van der Waals surface area (Å²) in [4.78, 5) is 30.4. The lowest BCUT2D eigenvalue weighted by Crippen LogP contribution is -2.51. The van der Waals surface area contributed by atoms with Crippen LogP contribution in [0.4, 0.5) is 0 Å². The summed E-state index contributed by atoms with van der Waals surface area (Å²) in [6, 6.07) is 5.76. The van der Waals surface area contributed by atoms with Gasteiger partial charge in [-0.15, -0.1) is 0 Å². The second-order valence-electron chi connectivity index (χ2n) is 7.14. The van der Waals surface area contributed by atoms with E-state index in [-0.39, 0.29) is 17.9 Å². The molecule has 2 saturated heterocycles. The number of hydrogen-bond donors (Lipinski definition) is 0. The van der Waals surface area contributed by atoms with Crippen LogP contribution in [0.25, 0.3) is 0 Å². The van der Waals surface area contributed by atoms with Gasteiger partial charge in [-0.05, 0) is 31.0 Å². The number of benzene rings is 1. The third-order valence-corrected chi connectivity index (χ3v) is 5.55. The van der Waals surface area contributed by atoms with Crippen LogP contribution < -0.4 is 9.47 Å². The van der Waals surface area contributed by atoms with Gasteiger partial charge in [0.2, 0.25) is 11.8 Å². The van der Waals surface area contributed by atoms with Gasteiger partial charge in [0, 0.05) is 45.2 Å². The normalized spacial score (nSPS) is 20.6. The number of likely N-dealkylation sites (tertiary alicyclic amines) is 1. The van der Waals surface area contributed by atoms with E-state index in [2.05, 4.69) is 4.90 Å². The Labute approximate surface area is 160 Å². The van der Waals surface area contributed by atoms with Crippen molar-refractivity contribution in [2.24, 2.45) is 0 Å². The van der Waals surface area contributed by atoms with Crippen molar-refractivity contribution in [1.29, 1.82) is 0 Å². The van der Waals surface area contributed by atoms with Crippen molar-refractivity contribution in [3.8, 4) is 11.5 Å². The Hall–Kier alpha value is -2.28. The summed E-state index contributed by atoms with van der Waals surface area (Å²) in [6.45, 7) is 5.62. The van der Waals surface area contributed by atoms with Crippen LogP contribution in [0, 0.1) is 0 Å². The van der Waals surface area contributed by atoms with Crippen LogP contribution in [0.3, 0.4) is 0 Å². The molecule has 1 aromatic carbocycles. The lowest BCUT2D eigenvalue weighted by atomic mass is 10.0. The third-order valence-electron chi connectivity index (χ3n) is 5.55. The summed E-state index contributed by atoms with van der Waals surface area (Å²) in [5, 5.41) is 0. The van der Waals surface area contributed by atoms with Gasteiger partial charge >= 0.3 is 0 Å². The molecule has 0 radical (unpaired) electrons. The maximum absolute atomic E-state index is 13.0. The monoisotopic (exact) mass is 375 g/mol. The molecule has 1 aromatic rings. The predicted molar refractivity (Wildman–Crippen MR) is 102 cm³/mol. The zero-order valence-electron chi connectivity index (χ0n) is 16.4. The lowest BCUT2D eigenvalue weighted by Gasteiger charge is -2.35. The molecule has 1 atom stereocenters. The molecular weight excluding hydrogens is 346 g/mol. The molecule has 0 spiro atoms. The zero-order chi connectivity index (χ0) is 19.4. The number of nitrogens with zero attached hydrogens (tertiary/aromatic N) is 3. The highest BCUT2D eigenvalue weighted by Gasteiger charge is 2.33. The quantitative estimate of drug-likeness (QED) is 0.781.